The number of fused-ring (bicyclic) bond motifs is 1. The molecule has 0 aliphatic rings. The number of benzene rings is 2. The highest BCUT2D eigenvalue weighted by molar-refractivity contribution is 5.94. The van der Waals surface area contributed by atoms with Crippen molar-refractivity contribution in [3.05, 3.63) is 65.9 Å². The van der Waals surface area contributed by atoms with Crippen molar-refractivity contribution in [2.45, 2.75) is 19.9 Å². The highest BCUT2D eigenvalue weighted by Crippen LogP contribution is 2.19. The Hall–Kier alpha value is -2.75. The second-order valence-electron chi connectivity index (χ2n) is 5.83. The summed E-state index contributed by atoms with van der Waals surface area (Å²) in [5.41, 5.74) is 3.15. The standard InChI is InChI=1S/C20H22N2O2/c1-15-14-17-6-3-4-7-19(17)22(15)13-5-12-21-20(23)16-8-10-18(24-2)11-9-16/h3-4,6-11,14H,5,12-13H2,1-2H3,(H,21,23). The lowest BCUT2D eigenvalue weighted by Gasteiger charge is -2.09. The van der Waals surface area contributed by atoms with Gasteiger partial charge in [0.25, 0.3) is 5.91 Å². The van der Waals surface area contributed by atoms with E-state index >= 15 is 0 Å². The first-order valence-electron chi connectivity index (χ1n) is 8.16. The first-order valence-corrected chi connectivity index (χ1v) is 8.16. The van der Waals surface area contributed by atoms with E-state index in [1.165, 1.54) is 16.6 Å². The summed E-state index contributed by atoms with van der Waals surface area (Å²) in [6.07, 6.45) is 0.890. The Kier molecular flexibility index (Phi) is 4.85. The van der Waals surface area contributed by atoms with Crippen LogP contribution in [0, 0.1) is 6.92 Å². The number of methoxy groups -OCH3 is 1. The zero-order valence-electron chi connectivity index (χ0n) is 14.1. The average molecular weight is 322 g/mol. The highest BCUT2D eigenvalue weighted by atomic mass is 16.5. The van der Waals surface area contributed by atoms with Gasteiger partial charge in [-0.05, 0) is 55.1 Å². The molecule has 2 aromatic carbocycles. The number of nitrogens with zero attached hydrogens (tertiary/aromatic N) is 1. The van der Waals surface area contributed by atoms with E-state index in [4.69, 9.17) is 4.74 Å². The van der Waals surface area contributed by atoms with E-state index in [-0.39, 0.29) is 5.91 Å². The third-order valence-electron chi connectivity index (χ3n) is 4.21. The van der Waals surface area contributed by atoms with Crippen LogP contribution < -0.4 is 10.1 Å². The van der Waals surface area contributed by atoms with Crippen molar-refractivity contribution in [1.29, 1.82) is 0 Å². The number of hydrogen-bond acceptors (Lipinski definition) is 2. The fourth-order valence-electron chi connectivity index (χ4n) is 2.93. The van der Waals surface area contributed by atoms with Gasteiger partial charge in [-0.25, -0.2) is 0 Å². The summed E-state index contributed by atoms with van der Waals surface area (Å²) in [5, 5.41) is 4.23. The van der Waals surface area contributed by atoms with Crippen LogP contribution in [-0.2, 0) is 6.54 Å². The number of nitrogens with one attached hydrogen (secondary N) is 1. The molecular formula is C20H22N2O2. The lowest BCUT2D eigenvalue weighted by Crippen LogP contribution is -2.25. The Morgan fingerprint density at radius 2 is 1.88 bits per heavy atom. The summed E-state index contributed by atoms with van der Waals surface area (Å²) in [5.74, 6) is 0.702. The van der Waals surface area contributed by atoms with Gasteiger partial charge in [0.1, 0.15) is 5.75 Å². The molecule has 1 heterocycles. The van der Waals surface area contributed by atoms with Gasteiger partial charge in [0.2, 0.25) is 0 Å². The maximum absolute atomic E-state index is 12.1. The minimum atomic E-state index is -0.0493. The molecule has 1 N–H and O–H groups in total. The SMILES string of the molecule is COc1ccc(C(=O)NCCCn2c(C)cc3ccccc32)cc1. The van der Waals surface area contributed by atoms with Crippen LogP contribution in [0.3, 0.4) is 0 Å². The van der Waals surface area contributed by atoms with Crippen molar-refractivity contribution >= 4 is 16.8 Å². The predicted octanol–water partition coefficient (Wildman–Crippen LogP) is 3.78. The lowest BCUT2D eigenvalue weighted by atomic mass is 10.2. The van der Waals surface area contributed by atoms with Gasteiger partial charge >= 0.3 is 0 Å². The van der Waals surface area contributed by atoms with Gasteiger partial charge in [-0.15, -0.1) is 0 Å². The summed E-state index contributed by atoms with van der Waals surface area (Å²) in [4.78, 5) is 12.1. The maximum Gasteiger partial charge on any atom is 0.251 e. The molecular weight excluding hydrogens is 300 g/mol. The Balaban J connectivity index is 1.54. The molecule has 0 fully saturated rings. The first kappa shape index (κ1) is 16.1. The number of ether oxygens (including phenoxy) is 1. The summed E-state index contributed by atoms with van der Waals surface area (Å²) in [6, 6.07) is 17.7. The van der Waals surface area contributed by atoms with E-state index in [1.807, 2.05) is 0 Å². The third kappa shape index (κ3) is 3.43. The van der Waals surface area contributed by atoms with Crippen LogP contribution in [-0.4, -0.2) is 24.1 Å². The Morgan fingerprint density at radius 1 is 1.12 bits per heavy atom. The van der Waals surface area contributed by atoms with Gasteiger partial charge in [-0.1, -0.05) is 18.2 Å². The average Bonchev–Trinajstić information content (AvgIpc) is 2.94. The quantitative estimate of drug-likeness (QED) is 0.702. The molecule has 1 aromatic heterocycles. The Morgan fingerprint density at radius 3 is 2.62 bits per heavy atom. The van der Waals surface area contributed by atoms with Crippen molar-refractivity contribution in [3.63, 3.8) is 0 Å². The van der Waals surface area contributed by atoms with Gasteiger partial charge < -0.3 is 14.6 Å². The van der Waals surface area contributed by atoms with Crippen LogP contribution in [0.25, 0.3) is 10.9 Å². The number of aryl methyl sites for hydroxylation is 2. The van der Waals surface area contributed by atoms with E-state index in [2.05, 4.69) is 47.1 Å². The van der Waals surface area contributed by atoms with Gasteiger partial charge in [-0.2, -0.15) is 0 Å². The monoisotopic (exact) mass is 322 g/mol. The first-order chi connectivity index (χ1) is 11.7. The predicted molar refractivity (Wildman–Crippen MR) is 96.6 cm³/mol. The maximum atomic E-state index is 12.1. The van der Waals surface area contributed by atoms with Gasteiger partial charge in [0.05, 0.1) is 7.11 Å². The number of hydrogen-bond donors (Lipinski definition) is 1. The van der Waals surface area contributed by atoms with Crippen molar-refractivity contribution in [2.75, 3.05) is 13.7 Å². The van der Waals surface area contributed by atoms with E-state index in [0.29, 0.717) is 12.1 Å². The second kappa shape index (κ2) is 7.21. The van der Waals surface area contributed by atoms with Crippen LogP contribution >= 0.6 is 0 Å². The molecule has 4 nitrogen and oxygen atoms in total. The zero-order valence-corrected chi connectivity index (χ0v) is 14.1. The molecule has 0 radical (unpaired) electrons. The van der Waals surface area contributed by atoms with Gasteiger partial charge in [0.15, 0.2) is 0 Å². The van der Waals surface area contributed by atoms with E-state index < -0.39 is 0 Å². The topological polar surface area (TPSA) is 43.3 Å². The summed E-state index contributed by atoms with van der Waals surface area (Å²) >= 11 is 0. The molecule has 0 atom stereocenters. The van der Waals surface area contributed by atoms with Crippen molar-refractivity contribution in [3.8, 4) is 5.75 Å². The normalized spacial score (nSPS) is 10.8. The number of carbonyl (C=O) groups is 1. The minimum Gasteiger partial charge on any atom is -0.497 e. The molecule has 24 heavy (non-hydrogen) atoms. The fourth-order valence-corrected chi connectivity index (χ4v) is 2.93. The van der Waals surface area contributed by atoms with Crippen LogP contribution in [0.15, 0.2) is 54.6 Å². The molecule has 4 heteroatoms. The highest BCUT2D eigenvalue weighted by Gasteiger charge is 2.07. The number of para-hydroxylation sites is 1. The third-order valence-corrected chi connectivity index (χ3v) is 4.21. The summed E-state index contributed by atoms with van der Waals surface area (Å²) in [7, 11) is 1.61. The lowest BCUT2D eigenvalue weighted by molar-refractivity contribution is 0.0953. The molecule has 0 aliphatic carbocycles. The second-order valence-corrected chi connectivity index (χ2v) is 5.83. The zero-order chi connectivity index (χ0) is 16.9. The van der Waals surface area contributed by atoms with Crippen LogP contribution in [0.2, 0.25) is 0 Å². The number of carbonyl (C=O) groups excluding carboxylic acids is 1. The molecule has 3 aromatic rings. The van der Waals surface area contributed by atoms with Crippen molar-refractivity contribution < 1.29 is 9.53 Å². The van der Waals surface area contributed by atoms with Crippen LogP contribution in [0.4, 0.5) is 0 Å². The Bertz CT molecular complexity index is 834. The molecule has 0 saturated carbocycles. The van der Waals surface area contributed by atoms with Crippen LogP contribution in [0.1, 0.15) is 22.5 Å². The number of amides is 1. The molecule has 124 valence electrons. The molecule has 0 aliphatic heterocycles. The molecule has 1 amide bonds. The van der Waals surface area contributed by atoms with Gasteiger partial charge in [0, 0.05) is 29.9 Å². The number of rotatable bonds is 6. The Labute approximate surface area is 142 Å². The van der Waals surface area contributed by atoms with Crippen LogP contribution in [0.5, 0.6) is 5.75 Å². The smallest absolute Gasteiger partial charge is 0.251 e. The van der Waals surface area contributed by atoms with Gasteiger partial charge in [-0.3, -0.25) is 4.79 Å². The van der Waals surface area contributed by atoms with E-state index in [0.717, 1.165) is 18.7 Å². The minimum absolute atomic E-state index is 0.0493. The molecule has 0 bridgehead atoms. The molecule has 3 rings (SSSR count). The van der Waals surface area contributed by atoms with Crippen molar-refractivity contribution in [2.24, 2.45) is 0 Å². The van der Waals surface area contributed by atoms with Crippen molar-refractivity contribution in [1.82, 2.24) is 9.88 Å². The summed E-state index contributed by atoms with van der Waals surface area (Å²) < 4.78 is 7.40. The fraction of sp³-hybridized carbons (Fsp3) is 0.250. The van der Waals surface area contributed by atoms with E-state index in [1.54, 1.807) is 31.4 Å². The molecule has 0 unspecified atom stereocenters. The van der Waals surface area contributed by atoms with E-state index in [9.17, 15) is 4.79 Å². The molecule has 0 spiro atoms. The number of aromatic nitrogens is 1. The largest absolute Gasteiger partial charge is 0.497 e. The molecule has 0 saturated heterocycles. The summed E-state index contributed by atoms with van der Waals surface area (Å²) in [6.45, 7) is 3.66.